The standard InChI is InChI=1S/C17H28O/c1-14(2)17(4,5)12-13-18-16-9-7-6-8-15(3)10-11-16/h6-7,10,16H,1,8-9,11-13H2,2-5H3. The summed E-state index contributed by atoms with van der Waals surface area (Å²) < 4.78 is 6.02. The van der Waals surface area contributed by atoms with Crippen LogP contribution in [0.25, 0.3) is 0 Å². The maximum absolute atomic E-state index is 6.02. The molecule has 0 aromatic heterocycles. The van der Waals surface area contributed by atoms with Crippen LogP contribution in [0.2, 0.25) is 0 Å². The number of allylic oxidation sites excluding steroid dienone is 3. The van der Waals surface area contributed by atoms with Gasteiger partial charge in [0, 0.05) is 6.61 Å². The van der Waals surface area contributed by atoms with Crippen LogP contribution in [0.3, 0.4) is 0 Å². The second-order valence-electron chi connectivity index (χ2n) is 6.10. The largest absolute Gasteiger partial charge is 0.378 e. The Morgan fingerprint density at radius 1 is 1.39 bits per heavy atom. The molecule has 0 heterocycles. The Kier molecular flexibility index (Phi) is 5.87. The van der Waals surface area contributed by atoms with Crippen molar-refractivity contribution < 1.29 is 4.74 Å². The Morgan fingerprint density at radius 2 is 2.11 bits per heavy atom. The molecule has 1 nitrogen and oxygen atoms in total. The maximum Gasteiger partial charge on any atom is 0.0643 e. The monoisotopic (exact) mass is 248 g/mol. The van der Waals surface area contributed by atoms with Gasteiger partial charge in [-0.2, -0.15) is 0 Å². The molecule has 18 heavy (non-hydrogen) atoms. The first kappa shape index (κ1) is 15.2. The highest BCUT2D eigenvalue weighted by atomic mass is 16.5. The highest BCUT2D eigenvalue weighted by molar-refractivity contribution is 5.08. The summed E-state index contributed by atoms with van der Waals surface area (Å²) >= 11 is 0. The smallest absolute Gasteiger partial charge is 0.0643 e. The topological polar surface area (TPSA) is 9.23 Å². The van der Waals surface area contributed by atoms with Crippen LogP contribution in [0.4, 0.5) is 0 Å². The van der Waals surface area contributed by atoms with Gasteiger partial charge >= 0.3 is 0 Å². The lowest BCUT2D eigenvalue weighted by Gasteiger charge is -2.26. The summed E-state index contributed by atoms with van der Waals surface area (Å²) in [6.45, 7) is 13.6. The van der Waals surface area contributed by atoms with E-state index in [1.165, 1.54) is 11.1 Å². The van der Waals surface area contributed by atoms with Gasteiger partial charge in [-0.05, 0) is 44.9 Å². The van der Waals surface area contributed by atoms with Gasteiger partial charge in [0.05, 0.1) is 6.10 Å². The van der Waals surface area contributed by atoms with Gasteiger partial charge in [0.15, 0.2) is 0 Å². The van der Waals surface area contributed by atoms with Crippen molar-refractivity contribution in [2.24, 2.45) is 5.41 Å². The van der Waals surface area contributed by atoms with Crippen LogP contribution < -0.4 is 0 Å². The highest BCUT2D eigenvalue weighted by Gasteiger charge is 2.19. The number of rotatable bonds is 5. The zero-order chi connectivity index (χ0) is 13.6. The van der Waals surface area contributed by atoms with Crippen LogP contribution in [0.5, 0.6) is 0 Å². The van der Waals surface area contributed by atoms with Crippen molar-refractivity contribution in [3.63, 3.8) is 0 Å². The normalized spacial score (nSPS) is 21.1. The Balaban J connectivity index is 2.37. The number of hydrogen-bond acceptors (Lipinski definition) is 1. The van der Waals surface area contributed by atoms with E-state index in [1.54, 1.807) is 0 Å². The van der Waals surface area contributed by atoms with E-state index in [9.17, 15) is 0 Å². The van der Waals surface area contributed by atoms with Crippen LogP contribution in [-0.4, -0.2) is 12.7 Å². The van der Waals surface area contributed by atoms with Gasteiger partial charge in [-0.15, -0.1) is 0 Å². The first-order chi connectivity index (χ1) is 8.42. The van der Waals surface area contributed by atoms with Crippen LogP contribution in [0, 0.1) is 5.41 Å². The summed E-state index contributed by atoms with van der Waals surface area (Å²) in [5.74, 6) is 0. The van der Waals surface area contributed by atoms with Gasteiger partial charge in [-0.1, -0.05) is 49.8 Å². The van der Waals surface area contributed by atoms with Crippen molar-refractivity contribution in [2.75, 3.05) is 6.61 Å². The molecule has 0 amide bonds. The summed E-state index contributed by atoms with van der Waals surface area (Å²) in [5.41, 5.74) is 2.87. The van der Waals surface area contributed by atoms with E-state index < -0.39 is 0 Å². The Bertz CT molecular complexity index is 334. The van der Waals surface area contributed by atoms with Crippen molar-refractivity contribution in [3.05, 3.63) is 36.0 Å². The summed E-state index contributed by atoms with van der Waals surface area (Å²) in [4.78, 5) is 0. The van der Waals surface area contributed by atoms with Crippen LogP contribution in [-0.2, 0) is 4.74 Å². The van der Waals surface area contributed by atoms with Gasteiger partial charge in [0.1, 0.15) is 0 Å². The average Bonchev–Trinajstić information content (AvgIpc) is 2.27. The number of hydrogen-bond donors (Lipinski definition) is 0. The molecule has 0 bridgehead atoms. The van der Waals surface area contributed by atoms with Gasteiger partial charge in [-0.3, -0.25) is 0 Å². The van der Waals surface area contributed by atoms with Crippen molar-refractivity contribution in [3.8, 4) is 0 Å². The van der Waals surface area contributed by atoms with Crippen molar-refractivity contribution >= 4 is 0 Å². The number of ether oxygens (including phenoxy) is 1. The lowest BCUT2D eigenvalue weighted by Crippen LogP contribution is -2.19. The van der Waals surface area contributed by atoms with E-state index >= 15 is 0 Å². The molecule has 0 fully saturated rings. The molecule has 1 aliphatic carbocycles. The quantitative estimate of drug-likeness (QED) is 0.619. The fraction of sp³-hybridized carbons (Fsp3) is 0.647. The molecule has 0 aliphatic heterocycles. The van der Waals surface area contributed by atoms with Gasteiger partial charge in [-0.25, -0.2) is 0 Å². The van der Waals surface area contributed by atoms with Crippen LogP contribution >= 0.6 is 0 Å². The molecule has 1 rings (SSSR count). The molecule has 0 aromatic carbocycles. The Morgan fingerprint density at radius 3 is 2.78 bits per heavy atom. The molecule has 0 spiro atoms. The summed E-state index contributed by atoms with van der Waals surface area (Å²) in [6, 6.07) is 0. The third-order valence-corrected chi connectivity index (χ3v) is 3.97. The maximum atomic E-state index is 6.02. The zero-order valence-corrected chi connectivity index (χ0v) is 12.5. The average molecular weight is 248 g/mol. The lowest BCUT2D eigenvalue weighted by atomic mass is 9.83. The van der Waals surface area contributed by atoms with Crippen molar-refractivity contribution in [1.82, 2.24) is 0 Å². The molecule has 102 valence electrons. The molecular weight excluding hydrogens is 220 g/mol. The predicted octanol–water partition coefficient (Wildman–Crippen LogP) is 5.05. The molecule has 1 atom stereocenters. The second kappa shape index (κ2) is 6.94. The summed E-state index contributed by atoms with van der Waals surface area (Å²) in [6.07, 6.45) is 11.4. The third-order valence-electron chi connectivity index (χ3n) is 3.97. The minimum atomic E-state index is 0.184. The van der Waals surface area contributed by atoms with E-state index in [4.69, 9.17) is 4.74 Å². The van der Waals surface area contributed by atoms with E-state index in [1.807, 2.05) is 0 Å². The van der Waals surface area contributed by atoms with Crippen LogP contribution in [0.1, 0.15) is 53.4 Å². The Hall–Kier alpha value is -0.820. The first-order valence-corrected chi connectivity index (χ1v) is 7.00. The fourth-order valence-corrected chi connectivity index (χ4v) is 1.86. The van der Waals surface area contributed by atoms with E-state index in [-0.39, 0.29) is 5.41 Å². The van der Waals surface area contributed by atoms with Crippen molar-refractivity contribution in [2.45, 2.75) is 59.5 Å². The first-order valence-electron chi connectivity index (χ1n) is 7.00. The molecule has 1 aliphatic rings. The molecule has 0 radical (unpaired) electrons. The van der Waals surface area contributed by atoms with E-state index in [0.29, 0.717) is 6.10 Å². The SMILES string of the molecule is C=C(C)C(C)(C)CCOC1CC=CCC(C)=CC1. The minimum Gasteiger partial charge on any atom is -0.378 e. The molecule has 0 saturated carbocycles. The molecule has 1 heteroatoms. The van der Waals surface area contributed by atoms with Crippen LogP contribution in [0.15, 0.2) is 36.0 Å². The van der Waals surface area contributed by atoms with E-state index in [2.05, 4.69) is 52.5 Å². The fourth-order valence-electron chi connectivity index (χ4n) is 1.86. The zero-order valence-electron chi connectivity index (χ0n) is 12.5. The predicted molar refractivity (Wildman–Crippen MR) is 79.7 cm³/mol. The molecule has 0 N–H and O–H groups in total. The third kappa shape index (κ3) is 5.22. The minimum absolute atomic E-state index is 0.184. The summed E-state index contributed by atoms with van der Waals surface area (Å²) in [7, 11) is 0. The van der Waals surface area contributed by atoms with Gasteiger partial charge in [0.2, 0.25) is 0 Å². The van der Waals surface area contributed by atoms with E-state index in [0.717, 1.165) is 32.3 Å². The van der Waals surface area contributed by atoms with Gasteiger partial charge < -0.3 is 4.74 Å². The molecular formula is C17H28O. The highest BCUT2D eigenvalue weighted by Crippen LogP contribution is 2.28. The second-order valence-corrected chi connectivity index (χ2v) is 6.10. The molecule has 1 unspecified atom stereocenters. The molecule has 0 aromatic rings. The van der Waals surface area contributed by atoms with Gasteiger partial charge in [0.25, 0.3) is 0 Å². The molecule has 0 saturated heterocycles. The summed E-state index contributed by atoms with van der Waals surface area (Å²) in [5, 5.41) is 0. The Labute approximate surface area is 113 Å². The lowest BCUT2D eigenvalue weighted by molar-refractivity contribution is 0.0431. The van der Waals surface area contributed by atoms with Crippen molar-refractivity contribution in [1.29, 1.82) is 0 Å².